The fourth-order valence-electron chi connectivity index (χ4n) is 2.35. The van der Waals surface area contributed by atoms with Crippen LogP contribution in [0.5, 0.6) is 0 Å². The summed E-state index contributed by atoms with van der Waals surface area (Å²) in [5, 5.41) is 11.3. The molecule has 0 saturated heterocycles. The topological polar surface area (TPSA) is 50.2 Å². The Bertz CT molecular complexity index is 605. The number of aliphatic carboxylic acids is 1. The van der Waals surface area contributed by atoms with E-state index in [9.17, 15) is 9.90 Å². The number of nitrogens with zero attached hydrogens (tertiary/aromatic N) is 1. The average molecular weight is 257 g/mol. The van der Waals surface area contributed by atoms with E-state index in [4.69, 9.17) is 0 Å². The molecular formula is C16H19NO2. The molecule has 1 unspecified atom stereocenters. The smallest absolute Gasteiger partial charge is 0.310 e. The van der Waals surface area contributed by atoms with E-state index in [2.05, 4.69) is 18.8 Å². The Labute approximate surface area is 113 Å². The summed E-state index contributed by atoms with van der Waals surface area (Å²) in [5.74, 6) is -0.772. The zero-order valence-electron chi connectivity index (χ0n) is 11.6. The second kappa shape index (κ2) is 5.39. The summed E-state index contributed by atoms with van der Waals surface area (Å²) in [7, 11) is 0. The molecule has 0 aliphatic rings. The Balaban J connectivity index is 2.60. The third kappa shape index (κ3) is 2.75. The van der Waals surface area contributed by atoms with Crippen LogP contribution in [-0.2, 0) is 11.2 Å². The number of carbonyl (C=O) groups is 1. The molecule has 3 nitrogen and oxygen atoms in total. The van der Waals surface area contributed by atoms with E-state index in [1.54, 1.807) is 13.1 Å². The average Bonchev–Trinajstić information content (AvgIpc) is 2.37. The maximum atomic E-state index is 11.2. The molecule has 2 rings (SSSR count). The lowest BCUT2D eigenvalue weighted by Crippen LogP contribution is -2.08. The molecule has 1 N–H and O–H groups in total. The van der Waals surface area contributed by atoms with Gasteiger partial charge in [-0.3, -0.25) is 9.78 Å². The van der Waals surface area contributed by atoms with Crippen molar-refractivity contribution in [3.05, 3.63) is 41.7 Å². The third-order valence-corrected chi connectivity index (χ3v) is 3.36. The Morgan fingerprint density at radius 2 is 1.95 bits per heavy atom. The molecule has 1 heterocycles. The Morgan fingerprint density at radius 1 is 1.21 bits per heavy atom. The quantitative estimate of drug-likeness (QED) is 0.910. The minimum absolute atomic E-state index is 0.502. The van der Waals surface area contributed by atoms with E-state index in [-0.39, 0.29) is 0 Å². The van der Waals surface area contributed by atoms with Crippen molar-refractivity contribution in [3.8, 4) is 0 Å². The van der Waals surface area contributed by atoms with Gasteiger partial charge in [0.2, 0.25) is 0 Å². The number of hydrogen-bond acceptors (Lipinski definition) is 2. The summed E-state index contributed by atoms with van der Waals surface area (Å²) in [6.45, 7) is 6.04. The highest BCUT2D eigenvalue weighted by atomic mass is 16.4. The van der Waals surface area contributed by atoms with E-state index in [1.807, 2.05) is 24.3 Å². The Morgan fingerprint density at radius 3 is 2.58 bits per heavy atom. The molecule has 3 heteroatoms. The van der Waals surface area contributed by atoms with Gasteiger partial charge in [0, 0.05) is 17.3 Å². The summed E-state index contributed by atoms with van der Waals surface area (Å²) in [4.78, 5) is 15.6. The molecule has 0 spiro atoms. The first kappa shape index (κ1) is 13.5. The summed E-state index contributed by atoms with van der Waals surface area (Å²) in [6.07, 6.45) is 2.68. The largest absolute Gasteiger partial charge is 0.481 e. The number of aromatic nitrogens is 1. The second-order valence-corrected chi connectivity index (χ2v) is 5.36. The van der Waals surface area contributed by atoms with Crippen LogP contribution in [0.15, 0.2) is 30.5 Å². The third-order valence-electron chi connectivity index (χ3n) is 3.36. The second-order valence-electron chi connectivity index (χ2n) is 5.36. The van der Waals surface area contributed by atoms with Crippen molar-refractivity contribution < 1.29 is 9.90 Å². The maximum absolute atomic E-state index is 11.2. The van der Waals surface area contributed by atoms with Crippen molar-refractivity contribution in [3.63, 3.8) is 0 Å². The number of fused-ring (bicyclic) bond motifs is 1. The molecule has 0 fully saturated rings. The van der Waals surface area contributed by atoms with Gasteiger partial charge in [0.05, 0.1) is 5.92 Å². The number of hydrogen-bond donors (Lipinski definition) is 1. The van der Waals surface area contributed by atoms with Gasteiger partial charge in [0.1, 0.15) is 0 Å². The van der Waals surface area contributed by atoms with E-state index < -0.39 is 11.9 Å². The number of carboxylic acid groups (broad SMARTS) is 1. The van der Waals surface area contributed by atoms with Crippen molar-refractivity contribution in [2.75, 3.05) is 0 Å². The SMILES string of the molecule is CC(C)Cc1nccc2c(C(C)C(=O)O)cccc12. The number of benzene rings is 1. The van der Waals surface area contributed by atoms with Gasteiger partial charge in [0.15, 0.2) is 0 Å². The first-order chi connectivity index (χ1) is 9.00. The van der Waals surface area contributed by atoms with Crippen molar-refractivity contribution in [1.29, 1.82) is 0 Å². The van der Waals surface area contributed by atoms with Gasteiger partial charge >= 0.3 is 5.97 Å². The van der Waals surface area contributed by atoms with E-state index in [1.165, 1.54) is 0 Å². The molecule has 1 aromatic carbocycles. The van der Waals surface area contributed by atoms with Crippen LogP contribution in [0.1, 0.15) is 37.9 Å². The first-order valence-corrected chi connectivity index (χ1v) is 6.60. The van der Waals surface area contributed by atoms with Gasteiger partial charge in [-0.2, -0.15) is 0 Å². The van der Waals surface area contributed by atoms with Crippen molar-refractivity contribution in [2.24, 2.45) is 5.92 Å². The minimum atomic E-state index is -0.797. The highest BCUT2D eigenvalue weighted by Crippen LogP contribution is 2.27. The highest BCUT2D eigenvalue weighted by molar-refractivity contribution is 5.91. The minimum Gasteiger partial charge on any atom is -0.481 e. The van der Waals surface area contributed by atoms with Crippen LogP contribution in [-0.4, -0.2) is 16.1 Å². The van der Waals surface area contributed by atoms with E-state index in [0.717, 1.165) is 28.5 Å². The lowest BCUT2D eigenvalue weighted by atomic mass is 9.93. The highest BCUT2D eigenvalue weighted by Gasteiger charge is 2.17. The standard InChI is InChI=1S/C16H19NO2/c1-10(2)9-15-14-6-4-5-12(11(3)16(18)19)13(14)7-8-17-15/h4-8,10-11H,9H2,1-3H3,(H,18,19). The van der Waals surface area contributed by atoms with Gasteiger partial charge in [-0.1, -0.05) is 32.0 Å². The normalized spacial score (nSPS) is 12.8. The first-order valence-electron chi connectivity index (χ1n) is 6.60. The fraction of sp³-hybridized carbons (Fsp3) is 0.375. The zero-order valence-corrected chi connectivity index (χ0v) is 11.6. The molecule has 0 amide bonds. The lowest BCUT2D eigenvalue weighted by molar-refractivity contribution is -0.138. The van der Waals surface area contributed by atoms with Crippen LogP contribution < -0.4 is 0 Å². The number of rotatable bonds is 4. The van der Waals surface area contributed by atoms with Gasteiger partial charge in [-0.25, -0.2) is 0 Å². The predicted octanol–water partition coefficient (Wildman–Crippen LogP) is 3.62. The molecule has 0 radical (unpaired) electrons. The number of pyridine rings is 1. The molecule has 0 aliphatic carbocycles. The van der Waals surface area contributed by atoms with E-state index in [0.29, 0.717) is 5.92 Å². The van der Waals surface area contributed by atoms with Crippen molar-refractivity contribution >= 4 is 16.7 Å². The molecule has 0 bridgehead atoms. The van der Waals surface area contributed by atoms with Gasteiger partial charge in [-0.05, 0) is 36.3 Å². The molecule has 2 aromatic rings. The fourth-order valence-corrected chi connectivity index (χ4v) is 2.35. The molecule has 0 aliphatic heterocycles. The molecule has 19 heavy (non-hydrogen) atoms. The Hall–Kier alpha value is -1.90. The summed E-state index contributed by atoms with van der Waals surface area (Å²) in [6, 6.07) is 7.74. The molecule has 0 saturated carbocycles. The predicted molar refractivity (Wildman–Crippen MR) is 76.3 cm³/mol. The van der Waals surface area contributed by atoms with Gasteiger partial charge in [0.25, 0.3) is 0 Å². The lowest BCUT2D eigenvalue weighted by Gasteiger charge is -2.13. The van der Waals surface area contributed by atoms with Crippen LogP contribution in [0.2, 0.25) is 0 Å². The van der Waals surface area contributed by atoms with Crippen LogP contribution in [0.3, 0.4) is 0 Å². The Kier molecular flexibility index (Phi) is 3.84. The monoisotopic (exact) mass is 257 g/mol. The molecule has 1 aromatic heterocycles. The number of carboxylic acids is 1. The van der Waals surface area contributed by atoms with Crippen LogP contribution >= 0.6 is 0 Å². The summed E-state index contributed by atoms with van der Waals surface area (Å²) >= 11 is 0. The molecule has 100 valence electrons. The molecule has 1 atom stereocenters. The maximum Gasteiger partial charge on any atom is 0.310 e. The summed E-state index contributed by atoms with van der Waals surface area (Å²) in [5.41, 5.74) is 1.91. The van der Waals surface area contributed by atoms with Gasteiger partial charge in [-0.15, -0.1) is 0 Å². The van der Waals surface area contributed by atoms with Crippen molar-refractivity contribution in [1.82, 2.24) is 4.98 Å². The van der Waals surface area contributed by atoms with Crippen LogP contribution in [0, 0.1) is 5.92 Å². The van der Waals surface area contributed by atoms with E-state index >= 15 is 0 Å². The summed E-state index contributed by atoms with van der Waals surface area (Å²) < 4.78 is 0. The molecular weight excluding hydrogens is 238 g/mol. The van der Waals surface area contributed by atoms with Crippen LogP contribution in [0.4, 0.5) is 0 Å². The van der Waals surface area contributed by atoms with Crippen LogP contribution in [0.25, 0.3) is 10.8 Å². The van der Waals surface area contributed by atoms with Crippen molar-refractivity contribution in [2.45, 2.75) is 33.1 Å². The van der Waals surface area contributed by atoms with Gasteiger partial charge < -0.3 is 5.11 Å². The zero-order chi connectivity index (χ0) is 14.0.